The number of nitrogens with zero attached hydrogens (tertiary/aromatic N) is 5. The van der Waals surface area contributed by atoms with Crippen LogP contribution in [-0.2, 0) is 0 Å². The molecule has 0 bridgehead atoms. The van der Waals surface area contributed by atoms with E-state index in [4.69, 9.17) is 4.42 Å². The molecule has 0 radical (unpaired) electrons. The Labute approximate surface area is 152 Å². The molecule has 4 rings (SSSR count). The van der Waals surface area contributed by atoms with Crippen molar-refractivity contribution in [3.63, 3.8) is 0 Å². The zero-order valence-electron chi connectivity index (χ0n) is 14.0. The Morgan fingerprint density at radius 1 is 1.23 bits per heavy atom. The van der Waals surface area contributed by atoms with Gasteiger partial charge in [-0.15, -0.1) is 16.4 Å². The third-order valence-electron chi connectivity index (χ3n) is 3.66. The minimum Gasteiger partial charge on any atom is -0.459 e. The highest BCUT2D eigenvalue weighted by Gasteiger charge is 2.14. The van der Waals surface area contributed by atoms with Crippen LogP contribution >= 0.6 is 11.3 Å². The molecule has 0 atom stereocenters. The maximum absolute atomic E-state index is 12.5. The van der Waals surface area contributed by atoms with Crippen LogP contribution in [-0.4, -0.2) is 31.1 Å². The number of rotatable bonds is 4. The zero-order chi connectivity index (χ0) is 18.1. The number of thiazole rings is 1. The first-order valence-corrected chi connectivity index (χ1v) is 8.67. The van der Waals surface area contributed by atoms with Crippen molar-refractivity contribution in [2.24, 2.45) is 0 Å². The second kappa shape index (κ2) is 6.52. The van der Waals surface area contributed by atoms with E-state index in [0.29, 0.717) is 28.0 Å². The van der Waals surface area contributed by atoms with Crippen LogP contribution in [0, 0.1) is 13.8 Å². The van der Waals surface area contributed by atoms with Crippen LogP contribution < -0.4 is 5.32 Å². The van der Waals surface area contributed by atoms with Crippen molar-refractivity contribution in [1.29, 1.82) is 0 Å². The molecule has 0 saturated heterocycles. The SMILES string of the molecule is Cc1ccc(-c2nc(C(=O)Nc3cccc(-n4nnnc4C)c3)cs2)o1. The molecule has 4 aromatic rings. The van der Waals surface area contributed by atoms with Gasteiger partial charge in [-0.1, -0.05) is 6.07 Å². The van der Waals surface area contributed by atoms with Crippen molar-refractivity contribution >= 4 is 22.9 Å². The van der Waals surface area contributed by atoms with Gasteiger partial charge in [0.1, 0.15) is 11.5 Å². The fourth-order valence-corrected chi connectivity index (χ4v) is 3.18. The summed E-state index contributed by atoms with van der Waals surface area (Å²) in [6.07, 6.45) is 0. The van der Waals surface area contributed by atoms with Crippen molar-refractivity contribution in [2.45, 2.75) is 13.8 Å². The van der Waals surface area contributed by atoms with E-state index in [-0.39, 0.29) is 5.91 Å². The summed E-state index contributed by atoms with van der Waals surface area (Å²) in [5.74, 6) is 1.83. The number of aromatic nitrogens is 5. The predicted octanol–water partition coefficient (Wildman–Crippen LogP) is 3.25. The van der Waals surface area contributed by atoms with E-state index in [1.807, 2.05) is 31.2 Å². The van der Waals surface area contributed by atoms with Crippen molar-refractivity contribution in [1.82, 2.24) is 25.2 Å². The molecule has 8 nitrogen and oxygen atoms in total. The lowest BCUT2D eigenvalue weighted by atomic mass is 10.2. The minimum atomic E-state index is -0.290. The molecule has 0 aliphatic heterocycles. The van der Waals surface area contributed by atoms with Crippen LogP contribution in [0.25, 0.3) is 16.5 Å². The quantitative estimate of drug-likeness (QED) is 0.595. The Hall–Kier alpha value is -3.33. The van der Waals surface area contributed by atoms with E-state index in [0.717, 1.165) is 11.4 Å². The summed E-state index contributed by atoms with van der Waals surface area (Å²) in [4.78, 5) is 16.8. The molecular weight excluding hydrogens is 352 g/mol. The third kappa shape index (κ3) is 3.11. The second-order valence-corrected chi connectivity index (χ2v) is 6.45. The van der Waals surface area contributed by atoms with Gasteiger partial charge >= 0.3 is 0 Å². The number of amides is 1. The maximum atomic E-state index is 12.5. The molecule has 0 fully saturated rings. The summed E-state index contributed by atoms with van der Waals surface area (Å²) in [6, 6.07) is 11.0. The first-order chi connectivity index (χ1) is 12.6. The molecular formula is C17H14N6O2S. The molecule has 0 aliphatic rings. The van der Waals surface area contributed by atoms with Gasteiger partial charge in [-0.05, 0) is 54.6 Å². The van der Waals surface area contributed by atoms with Crippen LogP contribution in [0.4, 0.5) is 5.69 Å². The van der Waals surface area contributed by atoms with Gasteiger partial charge in [-0.2, -0.15) is 4.68 Å². The number of carbonyl (C=O) groups is 1. The predicted molar refractivity (Wildman–Crippen MR) is 96.4 cm³/mol. The van der Waals surface area contributed by atoms with Gasteiger partial charge < -0.3 is 9.73 Å². The van der Waals surface area contributed by atoms with E-state index in [9.17, 15) is 4.79 Å². The second-order valence-electron chi connectivity index (χ2n) is 5.59. The first-order valence-electron chi connectivity index (χ1n) is 7.79. The van der Waals surface area contributed by atoms with Gasteiger partial charge in [0.2, 0.25) is 0 Å². The third-order valence-corrected chi connectivity index (χ3v) is 4.52. The van der Waals surface area contributed by atoms with E-state index in [1.165, 1.54) is 11.3 Å². The molecule has 130 valence electrons. The topological polar surface area (TPSA) is 98.7 Å². The Kier molecular flexibility index (Phi) is 4.05. The number of tetrazole rings is 1. The number of aryl methyl sites for hydroxylation is 2. The Bertz CT molecular complexity index is 1080. The Morgan fingerprint density at radius 2 is 2.12 bits per heavy atom. The lowest BCUT2D eigenvalue weighted by Crippen LogP contribution is -2.12. The molecule has 3 aromatic heterocycles. The van der Waals surface area contributed by atoms with E-state index in [2.05, 4.69) is 25.8 Å². The number of furan rings is 1. The average Bonchev–Trinajstić information content (AvgIpc) is 3.35. The normalized spacial score (nSPS) is 10.8. The van der Waals surface area contributed by atoms with Crippen LogP contribution in [0.1, 0.15) is 22.1 Å². The molecule has 26 heavy (non-hydrogen) atoms. The lowest BCUT2D eigenvalue weighted by Gasteiger charge is -2.06. The number of hydrogen-bond acceptors (Lipinski definition) is 7. The molecule has 0 aliphatic carbocycles. The van der Waals surface area contributed by atoms with E-state index >= 15 is 0 Å². The first kappa shape index (κ1) is 16.2. The molecule has 9 heteroatoms. The highest BCUT2D eigenvalue weighted by atomic mass is 32.1. The summed E-state index contributed by atoms with van der Waals surface area (Å²) in [7, 11) is 0. The standard InChI is InChI=1S/C17H14N6O2S/c1-10-6-7-15(25-10)17-19-14(9-26-17)16(24)18-12-4-3-5-13(8-12)23-11(2)20-21-22-23/h3-9H,1-2H3,(H,18,24). The summed E-state index contributed by atoms with van der Waals surface area (Å²) in [5, 5.41) is 16.6. The van der Waals surface area contributed by atoms with Gasteiger partial charge in [0.15, 0.2) is 16.6 Å². The largest absolute Gasteiger partial charge is 0.459 e. The van der Waals surface area contributed by atoms with Gasteiger partial charge in [0, 0.05) is 11.1 Å². The molecule has 1 aromatic carbocycles. The van der Waals surface area contributed by atoms with Gasteiger partial charge in [0.25, 0.3) is 5.91 Å². The van der Waals surface area contributed by atoms with Crippen molar-refractivity contribution in [3.8, 4) is 16.5 Å². The molecule has 1 amide bonds. The van der Waals surface area contributed by atoms with Crippen molar-refractivity contribution in [3.05, 3.63) is 59.1 Å². The smallest absolute Gasteiger partial charge is 0.275 e. The van der Waals surface area contributed by atoms with Gasteiger partial charge in [-0.25, -0.2) is 4.98 Å². The molecule has 0 spiro atoms. The van der Waals surface area contributed by atoms with Crippen molar-refractivity contribution < 1.29 is 9.21 Å². The molecule has 1 N–H and O–H groups in total. The number of nitrogens with one attached hydrogen (secondary N) is 1. The number of carbonyl (C=O) groups excluding carboxylic acids is 1. The van der Waals surface area contributed by atoms with Gasteiger partial charge in [-0.3, -0.25) is 4.79 Å². The van der Waals surface area contributed by atoms with Crippen LogP contribution in [0.5, 0.6) is 0 Å². The molecule has 0 saturated carbocycles. The van der Waals surface area contributed by atoms with E-state index < -0.39 is 0 Å². The van der Waals surface area contributed by atoms with Crippen LogP contribution in [0.3, 0.4) is 0 Å². The fourth-order valence-electron chi connectivity index (χ4n) is 2.42. The highest BCUT2D eigenvalue weighted by molar-refractivity contribution is 7.13. The Balaban J connectivity index is 1.54. The summed E-state index contributed by atoms with van der Waals surface area (Å²) >= 11 is 1.36. The monoisotopic (exact) mass is 366 g/mol. The summed E-state index contributed by atoms with van der Waals surface area (Å²) in [6.45, 7) is 3.67. The molecule has 0 unspecified atom stereocenters. The van der Waals surface area contributed by atoms with Crippen LogP contribution in [0.2, 0.25) is 0 Å². The average molecular weight is 366 g/mol. The number of anilines is 1. The van der Waals surface area contributed by atoms with Crippen molar-refractivity contribution in [2.75, 3.05) is 5.32 Å². The number of hydrogen-bond donors (Lipinski definition) is 1. The van der Waals surface area contributed by atoms with Crippen LogP contribution in [0.15, 0.2) is 46.2 Å². The lowest BCUT2D eigenvalue weighted by molar-refractivity contribution is 0.102. The fraction of sp³-hybridized carbons (Fsp3) is 0.118. The summed E-state index contributed by atoms with van der Waals surface area (Å²) < 4.78 is 7.14. The molecule has 3 heterocycles. The van der Waals surface area contributed by atoms with E-state index in [1.54, 1.807) is 29.1 Å². The summed E-state index contributed by atoms with van der Waals surface area (Å²) in [5.41, 5.74) is 1.73. The maximum Gasteiger partial charge on any atom is 0.275 e. The zero-order valence-corrected chi connectivity index (χ0v) is 14.8. The highest BCUT2D eigenvalue weighted by Crippen LogP contribution is 2.26. The number of benzene rings is 1. The van der Waals surface area contributed by atoms with Gasteiger partial charge in [0.05, 0.1) is 5.69 Å². The Morgan fingerprint density at radius 3 is 2.85 bits per heavy atom. The minimum absolute atomic E-state index is 0.290.